The van der Waals surface area contributed by atoms with Crippen LogP contribution in [0.4, 0.5) is 11.4 Å². The van der Waals surface area contributed by atoms with Crippen LogP contribution >= 0.6 is 0 Å². The first-order valence-electron chi connectivity index (χ1n) is 8.63. The molecule has 3 amide bonds. The lowest BCUT2D eigenvalue weighted by Crippen LogP contribution is -2.37. The zero-order chi connectivity index (χ0) is 20.6. The maximum atomic E-state index is 12.5. The molecule has 144 valence electrons. The molecule has 0 radical (unpaired) electrons. The third-order valence-corrected chi connectivity index (χ3v) is 4.51. The van der Waals surface area contributed by atoms with E-state index in [1.54, 1.807) is 12.1 Å². The van der Waals surface area contributed by atoms with Gasteiger partial charge in [0.2, 0.25) is 5.91 Å². The molecule has 0 bridgehead atoms. The van der Waals surface area contributed by atoms with Crippen LogP contribution in [0, 0.1) is 10.1 Å². The summed E-state index contributed by atoms with van der Waals surface area (Å²) in [6.45, 7) is 5.69. The number of hydrogen-bond donors (Lipinski definition) is 1. The molecule has 0 unspecified atom stereocenters. The van der Waals surface area contributed by atoms with Crippen molar-refractivity contribution < 1.29 is 19.3 Å². The summed E-state index contributed by atoms with van der Waals surface area (Å²) < 4.78 is 0. The van der Waals surface area contributed by atoms with Gasteiger partial charge < -0.3 is 5.32 Å². The summed E-state index contributed by atoms with van der Waals surface area (Å²) in [5.74, 6) is -2.13. The van der Waals surface area contributed by atoms with E-state index >= 15 is 0 Å². The third-order valence-electron chi connectivity index (χ3n) is 4.51. The van der Waals surface area contributed by atoms with E-state index in [2.05, 4.69) is 26.1 Å². The van der Waals surface area contributed by atoms with E-state index in [1.807, 2.05) is 12.1 Å². The van der Waals surface area contributed by atoms with E-state index < -0.39 is 34.9 Å². The van der Waals surface area contributed by atoms with Gasteiger partial charge in [0.1, 0.15) is 12.1 Å². The average molecular weight is 381 g/mol. The fourth-order valence-electron chi connectivity index (χ4n) is 3.01. The van der Waals surface area contributed by atoms with E-state index in [1.165, 1.54) is 12.1 Å². The second-order valence-corrected chi connectivity index (χ2v) is 7.53. The van der Waals surface area contributed by atoms with E-state index in [0.29, 0.717) is 5.69 Å². The van der Waals surface area contributed by atoms with Crippen molar-refractivity contribution in [1.82, 2.24) is 4.90 Å². The number of carbonyl (C=O) groups excluding carboxylic acids is 3. The lowest BCUT2D eigenvalue weighted by Gasteiger charge is -2.19. The van der Waals surface area contributed by atoms with E-state index in [0.717, 1.165) is 16.5 Å². The monoisotopic (exact) mass is 381 g/mol. The topological polar surface area (TPSA) is 110 Å². The smallest absolute Gasteiger partial charge is 0.282 e. The number of nitro groups is 1. The molecular weight excluding hydrogens is 362 g/mol. The predicted octanol–water partition coefficient (Wildman–Crippen LogP) is 3.13. The van der Waals surface area contributed by atoms with Crippen LogP contribution in [0.3, 0.4) is 0 Å². The Balaban J connectivity index is 1.75. The Morgan fingerprint density at radius 1 is 1.07 bits per heavy atom. The molecule has 2 aromatic rings. The molecule has 2 aromatic carbocycles. The minimum absolute atomic E-state index is 0.0303. The molecule has 0 aromatic heterocycles. The molecule has 8 heteroatoms. The highest BCUT2D eigenvalue weighted by Gasteiger charge is 2.41. The first-order chi connectivity index (χ1) is 13.1. The van der Waals surface area contributed by atoms with Gasteiger partial charge in [0, 0.05) is 11.8 Å². The minimum atomic E-state index is -0.842. The number of hydrogen-bond acceptors (Lipinski definition) is 5. The first kappa shape index (κ1) is 19.2. The molecule has 1 aliphatic rings. The van der Waals surface area contributed by atoms with Gasteiger partial charge in [-0.05, 0) is 29.2 Å². The van der Waals surface area contributed by atoms with Crippen LogP contribution < -0.4 is 5.32 Å². The number of nitrogens with one attached hydrogen (secondary N) is 1. The molecular formula is C20H19N3O5. The molecule has 0 atom stereocenters. The molecule has 1 heterocycles. The van der Waals surface area contributed by atoms with Gasteiger partial charge >= 0.3 is 0 Å². The van der Waals surface area contributed by atoms with Crippen molar-refractivity contribution in [2.24, 2.45) is 0 Å². The lowest BCUT2D eigenvalue weighted by molar-refractivity contribution is -0.385. The van der Waals surface area contributed by atoms with Crippen LogP contribution in [-0.2, 0) is 10.2 Å². The summed E-state index contributed by atoms with van der Waals surface area (Å²) >= 11 is 0. The molecule has 1 aliphatic heterocycles. The van der Waals surface area contributed by atoms with Crippen molar-refractivity contribution in [2.45, 2.75) is 26.2 Å². The highest BCUT2D eigenvalue weighted by molar-refractivity contribution is 6.24. The first-order valence-corrected chi connectivity index (χ1v) is 8.63. The summed E-state index contributed by atoms with van der Waals surface area (Å²) in [6.07, 6.45) is 0. The van der Waals surface area contributed by atoms with Crippen molar-refractivity contribution in [2.75, 3.05) is 11.9 Å². The van der Waals surface area contributed by atoms with Crippen LogP contribution in [-0.4, -0.2) is 34.1 Å². The van der Waals surface area contributed by atoms with Crippen LogP contribution in [0.15, 0.2) is 42.5 Å². The number of nitrogens with zero attached hydrogens (tertiary/aromatic N) is 2. The van der Waals surface area contributed by atoms with Crippen LogP contribution in [0.25, 0.3) is 0 Å². The third kappa shape index (κ3) is 3.48. The van der Waals surface area contributed by atoms with Gasteiger partial charge in [-0.1, -0.05) is 39.0 Å². The summed E-state index contributed by atoms with van der Waals surface area (Å²) in [4.78, 5) is 48.4. The van der Waals surface area contributed by atoms with Gasteiger partial charge in [-0.15, -0.1) is 0 Å². The SMILES string of the molecule is CC(C)(C)c1ccc(NC(=O)CN2C(=O)c3cccc([N+](=O)[O-])c3C2=O)cc1. The van der Waals surface area contributed by atoms with E-state index in [4.69, 9.17) is 0 Å². The summed E-state index contributed by atoms with van der Waals surface area (Å²) in [5.41, 5.74) is 0.800. The Morgan fingerprint density at radius 3 is 2.29 bits per heavy atom. The Hall–Kier alpha value is -3.55. The van der Waals surface area contributed by atoms with Gasteiger partial charge in [0.25, 0.3) is 17.5 Å². The number of imide groups is 1. The molecule has 0 aliphatic carbocycles. The second kappa shape index (κ2) is 6.88. The minimum Gasteiger partial charge on any atom is -0.325 e. The van der Waals surface area contributed by atoms with Crippen molar-refractivity contribution in [1.29, 1.82) is 0 Å². The fraction of sp³-hybridized carbons (Fsp3) is 0.250. The predicted molar refractivity (Wildman–Crippen MR) is 102 cm³/mol. The Morgan fingerprint density at radius 2 is 1.71 bits per heavy atom. The van der Waals surface area contributed by atoms with Gasteiger partial charge in [-0.2, -0.15) is 0 Å². The molecule has 1 N–H and O–H groups in total. The highest BCUT2D eigenvalue weighted by Crippen LogP contribution is 2.30. The maximum absolute atomic E-state index is 12.5. The average Bonchev–Trinajstić information content (AvgIpc) is 2.86. The van der Waals surface area contributed by atoms with Crippen LogP contribution in [0.1, 0.15) is 47.1 Å². The molecule has 0 saturated carbocycles. The number of anilines is 1. The van der Waals surface area contributed by atoms with Gasteiger partial charge in [-0.3, -0.25) is 29.4 Å². The standard InChI is InChI=1S/C20H19N3O5/c1-20(2,3)12-7-9-13(10-8-12)21-16(24)11-22-18(25)14-5-4-6-15(23(27)28)17(14)19(22)26/h4-10H,11H2,1-3H3,(H,21,24). The van der Waals surface area contributed by atoms with Crippen molar-refractivity contribution >= 4 is 29.1 Å². The number of benzene rings is 2. The number of rotatable bonds is 4. The number of carbonyl (C=O) groups is 3. The molecule has 0 saturated heterocycles. The summed E-state index contributed by atoms with van der Waals surface area (Å²) in [7, 11) is 0. The second-order valence-electron chi connectivity index (χ2n) is 7.53. The Bertz CT molecular complexity index is 990. The Labute approximate surface area is 161 Å². The zero-order valence-electron chi connectivity index (χ0n) is 15.7. The van der Waals surface area contributed by atoms with Gasteiger partial charge in [0.15, 0.2) is 0 Å². The summed E-state index contributed by atoms with van der Waals surface area (Å²) in [5, 5.41) is 13.8. The quantitative estimate of drug-likeness (QED) is 0.497. The van der Waals surface area contributed by atoms with Gasteiger partial charge in [-0.25, -0.2) is 0 Å². The molecule has 28 heavy (non-hydrogen) atoms. The lowest BCUT2D eigenvalue weighted by atomic mass is 9.87. The zero-order valence-corrected chi connectivity index (χ0v) is 15.7. The molecule has 0 spiro atoms. The Kier molecular flexibility index (Phi) is 4.72. The van der Waals surface area contributed by atoms with E-state index in [-0.39, 0.29) is 16.5 Å². The molecule has 0 fully saturated rings. The summed E-state index contributed by atoms with van der Waals surface area (Å²) in [6, 6.07) is 11.1. The normalized spacial score (nSPS) is 13.5. The van der Waals surface area contributed by atoms with Gasteiger partial charge in [0.05, 0.1) is 10.5 Å². The number of fused-ring (bicyclic) bond motifs is 1. The van der Waals surface area contributed by atoms with Crippen molar-refractivity contribution in [3.8, 4) is 0 Å². The number of nitro benzene ring substituents is 1. The van der Waals surface area contributed by atoms with E-state index in [9.17, 15) is 24.5 Å². The highest BCUT2D eigenvalue weighted by atomic mass is 16.6. The van der Waals surface area contributed by atoms with Crippen LogP contribution in [0.5, 0.6) is 0 Å². The van der Waals surface area contributed by atoms with Crippen LogP contribution in [0.2, 0.25) is 0 Å². The molecule has 8 nitrogen and oxygen atoms in total. The van der Waals surface area contributed by atoms with Crippen molar-refractivity contribution in [3.05, 3.63) is 69.3 Å². The largest absolute Gasteiger partial charge is 0.325 e. The van der Waals surface area contributed by atoms with Crippen molar-refractivity contribution in [3.63, 3.8) is 0 Å². The fourth-order valence-corrected chi connectivity index (χ4v) is 3.01. The maximum Gasteiger partial charge on any atom is 0.282 e. The number of amides is 3. The molecule has 3 rings (SSSR count).